The molecule has 132 valence electrons. The topological polar surface area (TPSA) is 58.2 Å². The molecule has 0 aromatic heterocycles. The Morgan fingerprint density at radius 2 is 1.64 bits per heavy atom. The summed E-state index contributed by atoms with van der Waals surface area (Å²) in [5.74, 6) is -0.799. The molecule has 2 rings (SSSR count). The van der Waals surface area contributed by atoms with Crippen LogP contribution in [0.25, 0.3) is 0 Å². The highest BCUT2D eigenvalue weighted by Crippen LogP contribution is 2.25. The Kier molecular flexibility index (Phi) is 6.09. The van der Waals surface area contributed by atoms with Crippen LogP contribution in [0.5, 0.6) is 0 Å². The Hall–Kier alpha value is -2.04. The van der Waals surface area contributed by atoms with Gasteiger partial charge in [0.05, 0.1) is 0 Å². The lowest BCUT2D eigenvalue weighted by atomic mass is 9.90. The van der Waals surface area contributed by atoms with Gasteiger partial charge in [-0.1, -0.05) is 53.0 Å². The predicted octanol–water partition coefficient (Wildman–Crippen LogP) is 4.58. The van der Waals surface area contributed by atoms with Crippen molar-refractivity contribution < 1.29 is 9.59 Å². The molecule has 2 aromatic rings. The van der Waals surface area contributed by atoms with E-state index >= 15 is 0 Å². The van der Waals surface area contributed by atoms with Gasteiger partial charge in [-0.2, -0.15) is 0 Å². The van der Waals surface area contributed by atoms with Crippen LogP contribution in [0.4, 0.5) is 5.69 Å². The SMILES string of the molecule is Cc1cccc(CNC(=O)C(C)(C)C(=O)Nc2cc(Cl)cc(Cl)c2)c1. The van der Waals surface area contributed by atoms with Crippen molar-refractivity contribution >= 4 is 40.7 Å². The fourth-order valence-electron chi connectivity index (χ4n) is 2.24. The van der Waals surface area contributed by atoms with E-state index in [9.17, 15) is 9.59 Å². The molecule has 2 amide bonds. The Labute approximate surface area is 157 Å². The van der Waals surface area contributed by atoms with Gasteiger partial charge in [-0.15, -0.1) is 0 Å². The van der Waals surface area contributed by atoms with Gasteiger partial charge in [0, 0.05) is 22.3 Å². The fraction of sp³-hybridized carbons (Fsp3) is 0.263. The number of carbonyl (C=O) groups excluding carboxylic acids is 2. The molecule has 25 heavy (non-hydrogen) atoms. The maximum absolute atomic E-state index is 12.5. The summed E-state index contributed by atoms with van der Waals surface area (Å²) in [6.45, 7) is 5.49. The highest BCUT2D eigenvalue weighted by molar-refractivity contribution is 6.35. The second-order valence-corrected chi connectivity index (χ2v) is 7.28. The lowest BCUT2D eigenvalue weighted by molar-refractivity contribution is -0.138. The third kappa shape index (κ3) is 5.21. The van der Waals surface area contributed by atoms with Crippen molar-refractivity contribution in [3.63, 3.8) is 0 Å². The Morgan fingerprint density at radius 1 is 1.00 bits per heavy atom. The maximum atomic E-state index is 12.5. The van der Waals surface area contributed by atoms with Crippen molar-refractivity contribution in [2.75, 3.05) is 5.32 Å². The van der Waals surface area contributed by atoms with Crippen LogP contribution < -0.4 is 10.6 Å². The van der Waals surface area contributed by atoms with E-state index in [-0.39, 0.29) is 5.91 Å². The van der Waals surface area contributed by atoms with Crippen LogP contribution in [-0.4, -0.2) is 11.8 Å². The average Bonchev–Trinajstić information content (AvgIpc) is 2.51. The molecule has 4 nitrogen and oxygen atoms in total. The van der Waals surface area contributed by atoms with Crippen molar-refractivity contribution in [1.82, 2.24) is 5.32 Å². The van der Waals surface area contributed by atoms with Crippen LogP contribution in [0, 0.1) is 12.3 Å². The molecule has 0 unspecified atom stereocenters. The van der Waals surface area contributed by atoms with E-state index in [0.29, 0.717) is 22.3 Å². The van der Waals surface area contributed by atoms with Crippen LogP contribution in [0.2, 0.25) is 10.0 Å². The van der Waals surface area contributed by atoms with Crippen molar-refractivity contribution in [1.29, 1.82) is 0 Å². The van der Waals surface area contributed by atoms with Gasteiger partial charge in [-0.25, -0.2) is 0 Å². The molecule has 2 N–H and O–H groups in total. The Balaban J connectivity index is 2.02. The number of hydrogen-bond acceptors (Lipinski definition) is 2. The monoisotopic (exact) mass is 378 g/mol. The molecule has 0 saturated heterocycles. The highest BCUT2D eigenvalue weighted by atomic mass is 35.5. The number of amides is 2. The normalized spacial score (nSPS) is 11.1. The van der Waals surface area contributed by atoms with Gasteiger partial charge in [-0.05, 0) is 44.5 Å². The Morgan fingerprint density at radius 3 is 2.24 bits per heavy atom. The van der Waals surface area contributed by atoms with Gasteiger partial charge < -0.3 is 10.6 Å². The molecule has 0 atom stereocenters. The number of aryl methyl sites for hydroxylation is 1. The molecule has 0 aliphatic heterocycles. The lowest BCUT2D eigenvalue weighted by Crippen LogP contribution is -2.44. The summed E-state index contributed by atoms with van der Waals surface area (Å²) in [5, 5.41) is 6.30. The largest absolute Gasteiger partial charge is 0.351 e. The van der Waals surface area contributed by atoms with Crippen LogP contribution in [0.1, 0.15) is 25.0 Å². The first-order chi connectivity index (χ1) is 11.7. The summed E-state index contributed by atoms with van der Waals surface area (Å²) >= 11 is 11.9. The summed E-state index contributed by atoms with van der Waals surface area (Å²) in [7, 11) is 0. The van der Waals surface area contributed by atoms with Gasteiger partial charge in [0.2, 0.25) is 11.8 Å². The van der Waals surface area contributed by atoms with E-state index in [0.717, 1.165) is 11.1 Å². The molecule has 0 heterocycles. The molecule has 0 aliphatic rings. The summed E-state index contributed by atoms with van der Waals surface area (Å²) in [4.78, 5) is 25.0. The number of benzene rings is 2. The minimum Gasteiger partial charge on any atom is -0.351 e. The highest BCUT2D eigenvalue weighted by Gasteiger charge is 2.36. The zero-order chi connectivity index (χ0) is 18.6. The minimum atomic E-state index is -1.25. The van der Waals surface area contributed by atoms with Crippen molar-refractivity contribution in [2.24, 2.45) is 5.41 Å². The summed E-state index contributed by atoms with van der Waals surface area (Å²) in [6, 6.07) is 12.5. The molecule has 2 aromatic carbocycles. The summed E-state index contributed by atoms with van der Waals surface area (Å²) in [6.07, 6.45) is 0. The van der Waals surface area contributed by atoms with E-state index in [2.05, 4.69) is 10.6 Å². The third-order valence-corrected chi connectivity index (χ3v) is 4.23. The second kappa shape index (κ2) is 7.89. The summed E-state index contributed by atoms with van der Waals surface area (Å²) in [5.41, 5.74) is 1.29. The van der Waals surface area contributed by atoms with E-state index < -0.39 is 11.3 Å². The molecular formula is C19H20Cl2N2O2. The van der Waals surface area contributed by atoms with Crippen LogP contribution in [0.15, 0.2) is 42.5 Å². The first-order valence-electron chi connectivity index (χ1n) is 7.80. The maximum Gasteiger partial charge on any atom is 0.239 e. The molecular weight excluding hydrogens is 359 g/mol. The van der Waals surface area contributed by atoms with E-state index in [4.69, 9.17) is 23.2 Å². The molecule has 6 heteroatoms. The van der Waals surface area contributed by atoms with Crippen molar-refractivity contribution in [3.05, 3.63) is 63.6 Å². The predicted molar refractivity (Wildman–Crippen MR) is 102 cm³/mol. The number of rotatable bonds is 5. The van der Waals surface area contributed by atoms with E-state index in [1.54, 1.807) is 32.0 Å². The zero-order valence-corrected chi connectivity index (χ0v) is 15.8. The Bertz CT molecular complexity index is 784. The first kappa shape index (κ1) is 19.3. The third-order valence-electron chi connectivity index (χ3n) is 3.79. The molecule has 0 saturated carbocycles. The average molecular weight is 379 g/mol. The van der Waals surface area contributed by atoms with Gasteiger partial charge in [0.1, 0.15) is 5.41 Å². The standard InChI is InChI=1S/C19H20Cl2N2O2/c1-12-5-4-6-13(7-12)11-22-17(24)19(2,3)18(25)23-16-9-14(20)8-15(21)10-16/h4-10H,11H2,1-3H3,(H,22,24)(H,23,25). The molecule has 0 fully saturated rings. The van der Waals surface area contributed by atoms with Gasteiger partial charge in [0.25, 0.3) is 0 Å². The molecule has 0 radical (unpaired) electrons. The van der Waals surface area contributed by atoms with Gasteiger partial charge >= 0.3 is 0 Å². The number of anilines is 1. The number of nitrogens with one attached hydrogen (secondary N) is 2. The fourth-order valence-corrected chi connectivity index (χ4v) is 2.77. The van der Waals surface area contributed by atoms with Gasteiger partial charge in [-0.3, -0.25) is 9.59 Å². The number of hydrogen-bond donors (Lipinski definition) is 2. The quantitative estimate of drug-likeness (QED) is 0.747. The van der Waals surface area contributed by atoms with E-state index in [1.807, 2.05) is 31.2 Å². The van der Waals surface area contributed by atoms with Gasteiger partial charge in [0.15, 0.2) is 0 Å². The van der Waals surface area contributed by atoms with Crippen LogP contribution in [-0.2, 0) is 16.1 Å². The molecule has 0 aliphatic carbocycles. The number of carbonyl (C=O) groups is 2. The molecule has 0 bridgehead atoms. The second-order valence-electron chi connectivity index (χ2n) is 6.41. The molecule has 0 spiro atoms. The van der Waals surface area contributed by atoms with E-state index in [1.165, 1.54) is 0 Å². The van der Waals surface area contributed by atoms with Crippen molar-refractivity contribution in [3.8, 4) is 0 Å². The van der Waals surface area contributed by atoms with Crippen LogP contribution >= 0.6 is 23.2 Å². The zero-order valence-electron chi connectivity index (χ0n) is 14.3. The smallest absolute Gasteiger partial charge is 0.239 e. The van der Waals surface area contributed by atoms with Crippen molar-refractivity contribution in [2.45, 2.75) is 27.3 Å². The number of halogens is 2. The first-order valence-corrected chi connectivity index (χ1v) is 8.55. The van der Waals surface area contributed by atoms with Crippen LogP contribution in [0.3, 0.4) is 0 Å². The lowest BCUT2D eigenvalue weighted by Gasteiger charge is -2.23. The minimum absolute atomic E-state index is 0.361. The summed E-state index contributed by atoms with van der Waals surface area (Å²) < 4.78 is 0.